The Hall–Kier alpha value is 0.0569. The van der Waals surface area contributed by atoms with E-state index in [4.69, 9.17) is 14.3 Å². The highest BCUT2D eigenvalue weighted by Gasteiger charge is 2.54. The van der Waals surface area contributed by atoms with Crippen molar-refractivity contribution in [3.63, 3.8) is 0 Å². The molecule has 0 radical (unpaired) electrons. The molecule has 0 unspecified atom stereocenters. The molecule has 2 atom stereocenters. The lowest BCUT2D eigenvalue weighted by molar-refractivity contribution is -0.139. The monoisotopic (exact) mass is 332 g/mol. The summed E-state index contributed by atoms with van der Waals surface area (Å²) in [6.07, 6.45) is 2.13. The van der Waals surface area contributed by atoms with Gasteiger partial charge in [-0.25, -0.2) is 0 Å². The predicted molar refractivity (Wildman–Crippen MR) is 92.3 cm³/mol. The molecule has 1 rings (SSSR count). The van der Waals surface area contributed by atoms with E-state index in [-0.39, 0.29) is 12.5 Å². The van der Waals surface area contributed by atoms with E-state index in [2.05, 4.69) is 41.5 Å². The Bertz CT molecular complexity index is 311. The van der Waals surface area contributed by atoms with Crippen LogP contribution in [-0.4, -0.2) is 44.1 Å². The second kappa shape index (κ2) is 8.24. The van der Waals surface area contributed by atoms with Crippen LogP contribution >= 0.6 is 0 Å². The first-order chi connectivity index (χ1) is 10.2. The van der Waals surface area contributed by atoms with Crippen molar-refractivity contribution < 1.29 is 19.4 Å². The van der Waals surface area contributed by atoms with Crippen molar-refractivity contribution in [1.82, 2.24) is 0 Å². The van der Waals surface area contributed by atoms with Crippen LogP contribution in [0.15, 0.2) is 0 Å². The van der Waals surface area contributed by atoms with E-state index in [0.29, 0.717) is 36.1 Å². The normalized spacial score (nSPS) is 25.5. The Kier molecular flexibility index (Phi) is 7.53. The zero-order chi connectivity index (χ0) is 17.0. The van der Waals surface area contributed by atoms with Gasteiger partial charge in [-0.3, -0.25) is 0 Å². The maximum absolute atomic E-state index is 10.2. The molecule has 1 saturated carbocycles. The summed E-state index contributed by atoms with van der Waals surface area (Å²) in [5.74, 6) is -0.777. The first-order valence-electron chi connectivity index (χ1n) is 8.81. The maximum Gasteiger partial charge on any atom is 0.200 e. The van der Waals surface area contributed by atoms with Crippen molar-refractivity contribution in [2.75, 3.05) is 19.8 Å². The highest BCUT2D eigenvalue weighted by Crippen LogP contribution is 2.48. The van der Waals surface area contributed by atoms with Gasteiger partial charge in [-0.15, -0.1) is 0 Å². The van der Waals surface area contributed by atoms with E-state index in [0.717, 1.165) is 13.0 Å². The van der Waals surface area contributed by atoms with Gasteiger partial charge >= 0.3 is 0 Å². The molecule has 0 saturated heterocycles. The summed E-state index contributed by atoms with van der Waals surface area (Å²) in [5, 5.41) is 19.0. The predicted octanol–water partition coefficient (Wildman–Crippen LogP) is 3.68. The second-order valence-corrected chi connectivity index (χ2v) is 13.1. The standard InChI is InChI=1S/C17H36O4Si/c1-13(2)22(14(3)4,15(5)6)21-11-8-16-12-17(16,19)20-10-7-9-18/h13-16,18-19H,7-12H2,1-6H3/t16-,17+/m0/s1. The summed E-state index contributed by atoms with van der Waals surface area (Å²) >= 11 is 0. The number of aliphatic hydroxyl groups excluding tert-OH is 1. The van der Waals surface area contributed by atoms with Crippen LogP contribution in [0.4, 0.5) is 0 Å². The molecular formula is C17H36O4Si. The quantitative estimate of drug-likeness (QED) is 0.344. The Morgan fingerprint density at radius 3 is 2.05 bits per heavy atom. The number of ether oxygens (including phenoxy) is 1. The van der Waals surface area contributed by atoms with E-state index >= 15 is 0 Å². The number of rotatable bonds is 11. The molecule has 5 heteroatoms. The van der Waals surface area contributed by atoms with Gasteiger partial charge in [-0.1, -0.05) is 41.5 Å². The van der Waals surface area contributed by atoms with Gasteiger partial charge in [0.25, 0.3) is 0 Å². The van der Waals surface area contributed by atoms with Crippen molar-refractivity contribution in [2.24, 2.45) is 5.92 Å². The first-order valence-corrected chi connectivity index (χ1v) is 11.0. The molecule has 0 aliphatic heterocycles. The smallest absolute Gasteiger partial charge is 0.200 e. The summed E-state index contributed by atoms with van der Waals surface area (Å²) < 4.78 is 12.0. The Morgan fingerprint density at radius 1 is 1.05 bits per heavy atom. The van der Waals surface area contributed by atoms with Gasteiger partial charge in [0.05, 0.1) is 6.61 Å². The van der Waals surface area contributed by atoms with E-state index in [9.17, 15) is 5.11 Å². The van der Waals surface area contributed by atoms with Gasteiger partial charge in [-0.2, -0.15) is 0 Å². The topological polar surface area (TPSA) is 58.9 Å². The molecule has 0 aromatic heterocycles. The van der Waals surface area contributed by atoms with Crippen LogP contribution in [0.5, 0.6) is 0 Å². The fraction of sp³-hybridized carbons (Fsp3) is 1.00. The minimum absolute atomic E-state index is 0.106. The van der Waals surface area contributed by atoms with Crippen LogP contribution in [0.3, 0.4) is 0 Å². The van der Waals surface area contributed by atoms with Gasteiger partial charge in [0.1, 0.15) is 0 Å². The Morgan fingerprint density at radius 2 is 1.59 bits per heavy atom. The number of aliphatic hydroxyl groups is 2. The third-order valence-corrected chi connectivity index (χ3v) is 11.3. The average molecular weight is 333 g/mol. The van der Waals surface area contributed by atoms with Crippen molar-refractivity contribution in [3.05, 3.63) is 0 Å². The van der Waals surface area contributed by atoms with Gasteiger partial charge in [0.15, 0.2) is 14.1 Å². The summed E-state index contributed by atoms with van der Waals surface area (Å²) in [7, 11) is -1.80. The largest absolute Gasteiger partial charge is 0.416 e. The first kappa shape index (κ1) is 20.1. The molecule has 0 heterocycles. The van der Waals surface area contributed by atoms with Crippen LogP contribution in [0.1, 0.15) is 60.8 Å². The van der Waals surface area contributed by atoms with Crippen molar-refractivity contribution in [3.8, 4) is 0 Å². The molecule has 0 spiro atoms. The van der Waals surface area contributed by atoms with Crippen LogP contribution in [-0.2, 0) is 9.16 Å². The van der Waals surface area contributed by atoms with E-state index in [1.807, 2.05) is 0 Å². The molecule has 1 fully saturated rings. The fourth-order valence-corrected chi connectivity index (χ4v) is 9.46. The molecule has 1 aliphatic carbocycles. The summed E-state index contributed by atoms with van der Waals surface area (Å²) in [5.41, 5.74) is 1.77. The van der Waals surface area contributed by atoms with Crippen molar-refractivity contribution in [2.45, 2.75) is 83.2 Å². The number of hydrogen-bond acceptors (Lipinski definition) is 4. The molecule has 0 aromatic carbocycles. The van der Waals surface area contributed by atoms with E-state index in [1.165, 1.54) is 0 Å². The summed E-state index contributed by atoms with van der Waals surface area (Å²) in [6, 6.07) is 0. The molecular weight excluding hydrogens is 296 g/mol. The van der Waals surface area contributed by atoms with Gasteiger partial charge < -0.3 is 19.4 Å². The molecule has 0 bridgehead atoms. The SMILES string of the molecule is CC(C)[Si](OCC[C@H]1C[C@@]1(O)OCCCO)(C(C)C)C(C)C. The molecule has 1 aliphatic rings. The Balaban J connectivity index is 2.45. The molecule has 22 heavy (non-hydrogen) atoms. The minimum Gasteiger partial charge on any atom is -0.416 e. The zero-order valence-corrected chi connectivity index (χ0v) is 16.3. The van der Waals surface area contributed by atoms with Gasteiger partial charge in [0.2, 0.25) is 0 Å². The van der Waals surface area contributed by atoms with Crippen LogP contribution < -0.4 is 0 Å². The molecule has 4 nitrogen and oxygen atoms in total. The molecule has 0 aromatic rings. The average Bonchev–Trinajstić information content (AvgIpc) is 3.04. The number of hydrogen-bond donors (Lipinski definition) is 2. The van der Waals surface area contributed by atoms with Crippen LogP contribution in [0, 0.1) is 5.92 Å². The van der Waals surface area contributed by atoms with Gasteiger partial charge in [-0.05, 0) is 29.5 Å². The Labute approximate surface area is 137 Å². The molecule has 2 N–H and O–H groups in total. The van der Waals surface area contributed by atoms with Gasteiger partial charge in [0, 0.05) is 25.6 Å². The minimum atomic E-state index is -1.80. The molecule has 132 valence electrons. The summed E-state index contributed by atoms with van der Waals surface area (Å²) in [4.78, 5) is 0. The van der Waals surface area contributed by atoms with Crippen LogP contribution in [0.25, 0.3) is 0 Å². The fourth-order valence-electron chi connectivity index (χ4n) is 3.99. The lowest BCUT2D eigenvalue weighted by atomic mass is 10.3. The maximum atomic E-state index is 10.2. The van der Waals surface area contributed by atoms with E-state index in [1.54, 1.807) is 0 Å². The van der Waals surface area contributed by atoms with Crippen molar-refractivity contribution >= 4 is 8.32 Å². The van der Waals surface area contributed by atoms with Crippen molar-refractivity contribution in [1.29, 1.82) is 0 Å². The van der Waals surface area contributed by atoms with E-state index < -0.39 is 14.1 Å². The summed E-state index contributed by atoms with van der Waals surface area (Å²) in [6.45, 7) is 15.0. The second-order valence-electron chi connectivity index (χ2n) is 7.63. The third kappa shape index (κ3) is 4.54. The highest BCUT2D eigenvalue weighted by molar-refractivity contribution is 6.77. The molecule has 0 amide bonds. The lowest BCUT2D eigenvalue weighted by Gasteiger charge is -2.42. The highest BCUT2D eigenvalue weighted by atomic mass is 28.4. The van der Waals surface area contributed by atoms with Crippen LogP contribution in [0.2, 0.25) is 16.6 Å². The zero-order valence-electron chi connectivity index (χ0n) is 15.3. The third-order valence-electron chi connectivity index (χ3n) is 5.20. The lowest BCUT2D eigenvalue weighted by Crippen LogP contribution is -2.48.